The summed E-state index contributed by atoms with van der Waals surface area (Å²) in [5, 5.41) is 4.78. The largest absolute Gasteiger partial charge is 0.459 e. The van der Waals surface area contributed by atoms with Crippen molar-refractivity contribution in [2.45, 2.75) is 13.5 Å². The normalized spacial score (nSPS) is 10.7. The zero-order valence-electron chi connectivity index (χ0n) is 12.1. The standard InChI is InChI=1S/C18H15Cl2NO/c1-12-2-7-15(10-17(12)20)21-11-16-8-9-18(22-16)13-3-5-14(19)6-4-13/h2-10,21H,11H2,1H3. The fraction of sp³-hybridized carbons (Fsp3) is 0.111. The van der Waals surface area contributed by atoms with Gasteiger partial charge in [0, 0.05) is 21.3 Å². The van der Waals surface area contributed by atoms with Gasteiger partial charge in [-0.1, -0.05) is 29.3 Å². The zero-order chi connectivity index (χ0) is 15.5. The second kappa shape index (κ2) is 6.47. The molecule has 0 aliphatic rings. The van der Waals surface area contributed by atoms with Crippen LogP contribution in [-0.4, -0.2) is 0 Å². The second-order valence-electron chi connectivity index (χ2n) is 5.09. The number of hydrogen-bond acceptors (Lipinski definition) is 2. The van der Waals surface area contributed by atoms with E-state index in [0.29, 0.717) is 11.6 Å². The summed E-state index contributed by atoms with van der Waals surface area (Å²) >= 11 is 12.0. The van der Waals surface area contributed by atoms with E-state index in [-0.39, 0.29) is 0 Å². The van der Waals surface area contributed by atoms with E-state index in [2.05, 4.69) is 5.32 Å². The lowest BCUT2D eigenvalue weighted by Gasteiger charge is -2.06. The van der Waals surface area contributed by atoms with Gasteiger partial charge in [0.25, 0.3) is 0 Å². The van der Waals surface area contributed by atoms with E-state index in [1.165, 1.54) is 0 Å². The molecule has 3 aromatic rings. The highest BCUT2D eigenvalue weighted by Gasteiger charge is 2.05. The van der Waals surface area contributed by atoms with Crippen molar-refractivity contribution < 1.29 is 4.42 Å². The smallest absolute Gasteiger partial charge is 0.134 e. The first kappa shape index (κ1) is 15.0. The van der Waals surface area contributed by atoms with Crippen LogP contribution in [0.2, 0.25) is 10.0 Å². The molecule has 2 nitrogen and oxygen atoms in total. The predicted octanol–water partition coefficient (Wildman–Crippen LogP) is 6.17. The molecule has 0 saturated heterocycles. The average molecular weight is 332 g/mol. The molecule has 112 valence electrons. The van der Waals surface area contributed by atoms with Gasteiger partial charge in [-0.2, -0.15) is 0 Å². The summed E-state index contributed by atoms with van der Waals surface area (Å²) in [5.74, 6) is 1.69. The molecule has 0 amide bonds. The molecule has 22 heavy (non-hydrogen) atoms. The summed E-state index contributed by atoms with van der Waals surface area (Å²) in [6, 6.07) is 17.4. The fourth-order valence-corrected chi connectivity index (χ4v) is 2.44. The maximum atomic E-state index is 6.12. The highest BCUT2D eigenvalue weighted by atomic mass is 35.5. The van der Waals surface area contributed by atoms with Crippen LogP contribution < -0.4 is 5.32 Å². The van der Waals surface area contributed by atoms with Crippen molar-refractivity contribution in [1.29, 1.82) is 0 Å². The molecule has 0 unspecified atom stereocenters. The third-order valence-electron chi connectivity index (χ3n) is 3.43. The Morgan fingerprint density at radius 2 is 1.73 bits per heavy atom. The Bertz CT molecular complexity index is 778. The van der Waals surface area contributed by atoms with Crippen molar-refractivity contribution >= 4 is 28.9 Å². The van der Waals surface area contributed by atoms with E-state index in [0.717, 1.165) is 33.4 Å². The van der Waals surface area contributed by atoms with E-state index >= 15 is 0 Å². The van der Waals surface area contributed by atoms with E-state index < -0.39 is 0 Å². The van der Waals surface area contributed by atoms with Crippen LogP contribution in [0.5, 0.6) is 0 Å². The molecule has 4 heteroatoms. The van der Waals surface area contributed by atoms with Gasteiger partial charge in [0.1, 0.15) is 11.5 Å². The second-order valence-corrected chi connectivity index (χ2v) is 5.93. The van der Waals surface area contributed by atoms with E-state index in [4.69, 9.17) is 27.6 Å². The number of aryl methyl sites for hydroxylation is 1. The van der Waals surface area contributed by atoms with Gasteiger partial charge in [0.15, 0.2) is 0 Å². The lowest BCUT2D eigenvalue weighted by atomic mass is 10.2. The van der Waals surface area contributed by atoms with Gasteiger partial charge in [-0.25, -0.2) is 0 Å². The monoisotopic (exact) mass is 331 g/mol. The molecule has 2 aromatic carbocycles. The summed E-state index contributed by atoms with van der Waals surface area (Å²) in [6.45, 7) is 2.59. The van der Waals surface area contributed by atoms with Crippen LogP contribution in [0.1, 0.15) is 11.3 Å². The minimum Gasteiger partial charge on any atom is -0.459 e. The third kappa shape index (κ3) is 3.46. The van der Waals surface area contributed by atoms with Crippen molar-refractivity contribution in [2.75, 3.05) is 5.32 Å². The number of benzene rings is 2. The number of hydrogen-bond donors (Lipinski definition) is 1. The quantitative estimate of drug-likeness (QED) is 0.618. The van der Waals surface area contributed by atoms with Crippen molar-refractivity contribution in [3.8, 4) is 11.3 Å². The molecule has 0 aliphatic carbocycles. The van der Waals surface area contributed by atoms with Crippen LogP contribution in [-0.2, 0) is 6.54 Å². The van der Waals surface area contributed by atoms with Crippen LogP contribution in [0.3, 0.4) is 0 Å². The highest BCUT2D eigenvalue weighted by Crippen LogP contribution is 2.25. The van der Waals surface area contributed by atoms with Crippen LogP contribution >= 0.6 is 23.2 Å². The van der Waals surface area contributed by atoms with E-state index in [1.807, 2.05) is 61.5 Å². The topological polar surface area (TPSA) is 25.2 Å². The van der Waals surface area contributed by atoms with E-state index in [9.17, 15) is 0 Å². The first-order chi connectivity index (χ1) is 10.6. The number of furan rings is 1. The highest BCUT2D eigenvalue weighted by molar-refractivity contribution is 6.31. The fourth-order valence-electron chi connectivity index (χ4n) is 2.13. The summed E-state index contributed by atoms with van der Waals surface area (Å²) in [5.41, 5.74) is 3.05. The van der Waals surface area contributed by atoms with Crippen molar-refractivity contribution in [1.82, 2.24) is 0 Å². The van der Waals surface area contributed by atoms with Crippen LogP contribution in [0.15, 0.2) is 59.0 Å². The third-order valence-corrected chi connectivity index (χ3v) is 4.09. The summed E-state index contributed by atoms with van der Waals surface area (Å²) in [7, 11) is 0. The molecule has 1 heterocycles. The van der Waals surface area contributed by atoms with E-state index in [1.54, 1.807) is 0 Å². The Kier molecular flexibility index (Phi) is 4.41. The SMILES string of the molecule is Cc1ccc(NCc2ccc(-c3ccc(Cl)cc3)o2)cc1Cl. The summed E-state index contributed by atoms with van der Waals surface area (Å²) in [6.07, 6.45) is 0. The maximum absolute atomic E-state index is 6.12. The van der Waals surface area contributed by atoms with Crippen LogP contribution in [0, 0.1) is 6.92 Å². The first-order valence-electron chi connectivity index (χ1n) is 6.96. The zero-order valence-corrected chi connectivity index (χ0v) is 13.6. The average Bonchev–Trinajstić information content (AvgIpc) is 2.98. The Morgan fingerprint density at radius 1 is 0.955 bits per heavy atom. The molecule has 3 rings (SSSR count). The minimum absolute atomic E-state index is 0.604. The Morgan fingerprint density at radius 3 is 2.45 bits per heavy atom. The first-order valence-corrected chi connectivity index (χ1v) is 7.72. The van der Waals surface area contributed by atoms with Gasteiger partial charge in [-0.05, 0) is 61.0 Å². The molecule has 0 saturated carbocycles. The number of halogens is 2. The van der Waals surface area contributed by atoms with Crippen molar-refractivity contribution in [2.24, 2.45) is 0 Å². The van der Waals surface area contributed by atoms with Gasteiger partial charge in [0.2, 0.25) is 0 Å². The number of anilines is 1. The molecule has 0 aliphatic heterocycles. The maximum Gasteiger partial charge on any atom is 0.134 e. The molecule has 0 fully saturated rings. The molecule has 0 atom stereocenters. The van der Waals surface area contributed by atoms with Gasteiger partial charge < -0.3 is 9.73 Å². The Labute approximate surface area is 139 Å². The van der Waals surface area contributed by atoms with Gasteiger partial charge in [-0.15, -0.1) is 0 Å². The predicted molar refractivity (Wildman–Crippen MR) is 92.7 cm³/mol. The Hall–Kier alpha value is -1.90. The van der Waals surface area contributed by atoms with Crippen LogP contribution in [0.4, 0.5) is 5.69 Å². The van der Waals surface area contributed by atoms with Gasteiger partial charge in [-0.3, -0.25) is 0 Å². The number of nitrogens with one attached hydrogen (secondary N) is 1. The molecule has 1 N–H and O–H groups in total. The lowest BCUT2D eigenvalue weighted by molar-refractivity contribution is 0.531. The van der Waals surface area contributed by atoms with Crippen molar-refractivity contribution in [3.05, 3.63) is 76.0 Å². The van der Waals surface area contributed by atoms with Gasteiger partial charge >= 0.3 is 0 Å². The molecule has 0 radical (unpaired) electrons. The molecule has 0 spiro atoms. The summed E-state index contributed by atoms with van der Waals surface area (Å²) in [4.78, 5) is 0. The Balaban J connectivity index is 1.69. The lowest BCUT2D eigenvalue weighted by Crippen LogP contribution is -1.98. The number of rotatable bonds is 4. The summed E-state index contributed by atoms with van der Waals surface area (Å²) < 4.78 is 5.85. The molecular formula is C18H15Cl2NO. The van der Waals surface area contributed by atoms with Crippen LogP contribution in [0.25, 0.3) is 11.3 Å². The molecular weight excluding hydrogens is 317 g/mol. The minimum atomic E-state index is 0.604. The molecule has 0 bridgehead atoms. The van der Waals surface area contributed by atoms with Gasteiger partial charge in [0.05, 0.1) is 6.54 Å². The molecule has 1 aromatic heterocycles. The van der Waals surface area contributed by atoms with Crippen molar-refractivity contribution in [3.63, 3.8) is 0 Å².